The van der Waals surface area contributed by atoms with Gasteiger partial charge in [0, 0.05) is 13.1 Å². The highest BCUT2D eigenvalue weighted by Crippen LogP contribution is 2.28. The molecule has 1 N–H and O–H groups in total. The normalized spacial score (nSPS) is 20.2. The Kier molecular flexibility index (Phi) is 7.69. The quantitative estimate of drug-likeness (QED) is 0.576. The molecule has 178 valence electrons. The maximum atomic E-state index is 13.0. The van der Waals surface area contributed by atoms with Crippen molar-refractivity contribution in [2.45, 2.75) is 57.2 Å². The molecule has 0 radical (unpaired) electrons. The summed E-state index contributed by atoms with van der Waals surface area (Å²) in [6.45, 7) is 2.62. The Morgan fingerprint density at radius 3 is 2.58 bits per heavy atom. The number of aryl methyl sites for hydroxylation is 2. The summed E-state index contributed by atoms with van der Waals surface area (Å²) in [6, 6.07) is 11.2. The predicted molar refractivity (Wildman–Crippen MR) is 133 cm³/mol. The minimum absolute atomic E-state index is 0.0883. The molecule has 1 heterocycles. The lowest BCUT2D eigenvalue weighted by Gasteiger charge is -2.32. The molecule has 1 saturated heterocycles. The number of piperidine rings is 1. The summed E-state index contributed by atoms with van der Waals surface area (Å²) in [6.07, 6.45) is 6.02. The summed E-state index contributed by atoms with van der Waals surface area (Å²) in [5.74, 6) is -0.610. The van der Waals surface area contributed by atoms with Gasteiger partial charge in [-0.3, -0.25) is 4.79 Å². The molecule has 0 bridgehead atoms. The molecule has 1 aliphatic heterocycles. The Bertz CT molecular complexity index is 1140. The molecule has 1 fully saturated rings. The van der Waals surface area contributed by atoms with E-state index in [-0.39, 0.29) is 30.2 Å². The van der Waals surface area contributed by atoms with Gasteiger partial charge in [0.1, 0.15) is 0 Å². The monoisotopic (exact) mass is 508 g/mol. The first-order chi connectivity index (χ1) is 15.7. The zero-order valence-electron chi connectivity index (χ0n) is 18.8. The largest absolute Gasteiger partial charge is 0.349 e. The van der Waals surface area contributed by atoms with Crippen LogP contribution in [0.1, 0.15) is 60.9 Å². The van der Waals surface area contributed by atoms with Crippen LogP contribution in [-0.2, 0) is 33.4 Å². The van der Waals surface area contributed by atoms with Crippen molar-refractivity contribution in [2.24, 2.45) is 5.92 Å². The van der Waals surface area contributed by atoms with Gasteiger partial charge in [-0.05, 0) is 79.8 Å². The van der Waals surface area contributed by atoms with E-state index in [1.165, 1.54) is 28.3 Å². The van der Waals surface area contributed by atoms with Gasteiger partial charge in [-0.2, -0.15) is 0 Å². The lowest BCUT2D eigenvalue weighted by Crippen LogP contribution is -2.46. The average molecular weight is 509 g/mol. The maximum absolute atomic E-state index is 13.0. The lowest BCUT2D eigenvalue weighted by atomic mass is 9.89. The fraction of sp³-hybridized carbons (Fsp3) is 0.480. The molecule has 0 spiro atoms. The molecular formula is C25H30Cl2N2O3S. The molecular weight excluding hydrogens is 479 g/mol. The van der Waals surface area contributed by atoms with E-state index in [1.807, 2.05) is 6.92 Å². The second kappa shape index (κ2) is 10.3. The van der Waals surface area contributed by atoms with Gasteiger partial charge in [-0.25, -0.2) is 12.7 Å². The summed E-state index contributed by atoms with van der Waals surface area (Å²) in [4.78, 5) is 13.0. The molecule has 33 heavy (non-hydrogen) atoms. The first-order valence-corrected chi connectivity index (χ1v) is 13.9. The van der Waals surface area contributed by atoms with E-state index in [9.17, 15) is 13.2 Å². The van der Waals surface area contributed by atoms with Gasteiger partial charge >= 0.3 is 0 Å². The van der Waals surface area contributed by atoms with E-state index in [2.05, 4.69) is 23.5 Å². The SMILES string of the molecule is C[C@@H](NC(=O)[C@@H]1CCCN(S(=O)(=O)Cc2ccc(Cl)c(Cl)c2)C1)c1ccc2c(c1)CCCC2. The summed E-state index contributed by atoms with van der Waals surface area (Å²) in [5.41, 5.74) is 4.48. The smallest absolute Gasteiger partial charge is 0.224 e. The molecule has 1 aliphatic carbocycles. The molecule has 0 unspecified atom stereocenters. The van der Waals surface area contributed by atoms with E-state index in [1.54, 1.807) is 18.2 Å². The highest BCUT2D eigenvalue weighted by atomic mass is 35.5. The standard InChI is InChI=1S/C25H30Cl2N2O3S/c1-17(20-10-9-19-5-2-3-6-21(19)14-20)28-25(30)22-7-4-12-29(15-22)33(31,32)16-18-8-11-23(26)24(27)13-18/h8-11,13-14,17,22H,2-7,12,15-16H2,1H3,(H,28,30)/t17-,22-/m1/s1. The number of benzene rings is 2. The van der Waals surface area contributed by atoms with Crippen molar-refractivity contribution in [1.82, 2.24) is 9.62 Å². The summed E-state index contributed by atoms with van der Waals surface area (Å²) in [5, 5.41) is 3.83. The van der Waals surface area contributed by atoms with Gasteiger partial charge in [0.2, 0.25) is 15.9 Å². The minimum Gasteiger partial charge on any atom is -0.349 e. The fourth-order valence-corrected chi connectivity index (χ4v) is 6.70. The van der Waals surface area contributed by atoms with Crippen LogP contribution in [0.15, 0.2) is 36.4 Å². The molecule has 8 heteroatoms. The number of nitrogens with zero attached hydrogens (tertiary/aromatic N) is 1. The fourth-order valence-electron chi connectivity index (χ4n) is 4.78. The van der Waals surface area contributed by atoms with Crippen molar-refractivity contribution in [3.05, 3.63) is 68.7 Å². The van der Waals surface area contributed by atoms with Gasteiger partial charge in [0.05, 0.1) is 27.8 Å². The first kappa shape index (κ1) is 24.5. The summed E-state index contributed by atoms with van der Waals surface area (Å²) in [7, 11) is -3.57. The topological polar surface area (TPSA) is 66.5 Å². The highest BCUT2D eigenvalue weighted by Gasteiger charge is 2.33. The Labute approximate surface area is 206 Å². The van der Waals surface area contributed by atoms with Crippen LogP contribution in [0.3, 0.4) is 0 Å². The van der Waals surface area contributed by atoms with Crippen molar-refractivity contribution in [3.8, 4) is 0 Å². The molecule has 0 aromatic heterocycles. The number of halogens is 2. The average Bonchev–Trinajstić information content (AvgIpc) is 2.81. The number of carbonyl (C=O) groups is 1. The van der Waals surface area contributed by atoms with E-state index in [0.29, 0.717) is 35.0 Å². The number of hydrogen-bond acceptors (Lipinski definition) is 3. The Morgan fingerprint density at radius 1 is 1.06 bits per heavy atom. The molecule has 1 amide bonds. The Hall–Kier alpha value is -1.60. The van der Waals surface area contributed by atoms with Crippen molar-refractivity contribution in [2.75, 3.05) is 13.1 Å². The van der Waals surface area contributed by atoms with E-state index >= 15 is 0 Å². The Balaban J connectivity index is 1.39. The predicted octanol–water partition coefficient (Wildman–Crippen LogP) is 5.29. The van der Waals surface area contributed by atoms with Crippen LogP contribution >= 0.6 is 23.2 Å². The summed E-state index contributed by atoms with van der Waals surface area (Å²) >= 11 is 12.0. The van der Waals surface area contributed by atoms with Gasteiger partial charge in [0.25, 0.3) is 0 Å². The lowest BCUT2D eigenvalue weighted by molar-refractivity contribution is -0.126. The van der Waals surface area contributed by atoms with Crippen molar-refractivity contribution < 1.29 is 13.2 Å². The minimum atomic E-state index is -3.57. The van der Waals surface area contributed by atoms with Crippen LogP contribution in [0.2, 0.25) is 10.0 Å². The zero-order valence-corrected chi connectivity index (χ0v) is 21.1. The van der Waals surface area contributed by atoms with Crippen LogP contribution in [0.25, 0.3) is 0 Å². The number of amides is 1. The second-order valence-corrected chi connectivity index (χ2v) is 12.0. The number of hydrogen-bond donors (Lipinski definition) is 1. The number of carbonyl (C=O) groups excluding carboxylic acids is 1. The molecule has 2 aromatic rings. The van der Waals surface area contributed by atoms with E-state index in [4.69, 9.17) is 23.2 Å². The van der Waals surface area contributed by atoms with Crippen molar-refractivity contribution in [3.63, 3.8) is 0 Å². The van der Waals surface area contributed by atoms with Gasteiger partial charge in [-0.15, -0.1) is 0 Å². The zero-order chi connectivity index (χ0) is 23.6. The summed E-state index contributed by atoms with van der Waals surface area (Å²) < 4.78 is 27.5. The van der Waals surface area contributed by atoms with Crippen LogP contribution in [0.4, 0.5) is 0 Å². The molecule has 5 nitrogen and oxygen atoms in total. The molecule has 0 saturated carbocycles. The Morgan fingerprint density at radius 2 is 1.82 bits per heavy atom. The number of rotatable bonds is 6. The van der Waals surface area contributed by atoms with Crippen molar-refractivity contribution in [1.29, 1.82) is 0 Å². The third-order valence-electron chi connectivity index (χ3n) is 6.71. The van der Waals surface area contributed by atoms with E-state index < -0.39 is 10.0 Å². The highest BCUT2D eigenvalue weighted by molar-refractivity contribution is 7.88. The second-order valence-electron chi connectivity index (χ2n) is 9.17. The third kappa shape index (κ3) is 5.91. The van der Waals surface area contributed by atoms with Crippen LogP contribution in [-0.4, -0.2) is 31.7 Å². The maximum Gasteiger partial charge on any atom is 0.224 e. The van der Waals surface area contributed by atoms with Crippen molar-refractivity contribution >= 4 is 39.1 Å². The molecule has 2 atom stereocenters. The molecule has 4 rings (SSSR count). The number of sulfonamides is 1. The number of fused-ring (bicyclic) bond motifs is 1. The molecule has 2 aromatic carbocycles. The van der Waals surface area contributed by atoms with Gasteiger partial charge in [0.15, 0.2) is 0 Å². The van der Waals surface area contributed by atoms with Crippen LogP contribution in [0, 0.1) is 5.92 Å². The van der Waals surface area contributed by atoms with Crippen LogP contribution < -0.4 is 5.32 Å². The number of nitrogens with one attached hydrogen (secondary N) is 1. The van der Waals surface area contributed by atoms with E-state index in [0.717, 1.165) is 18.4 Å². The first-order valence-electron chi connectivity index (χ1n) is 11.6. The third-order valence-corrected chi connectivity index (χ3v) is 9.27. The van der Waals surface area contributed by atoms with Gasteiger partial charge < -0.3 is 5.32 Å². The van der Waals surface area contributed by atoms with Crippen LogP contribution in [0.5, 0.6) is 0 Å². The van der Waals surface area contributed by atoms with Gasteiger partial charge in [-0.1, -0.05) is 47.5 Å². The molecule has 2 aliphatic rings.